The standard InChI is InChI=1S/C24H28N2O6/c25-17-5-1-15(2-6-17)21-9-24(32-14-20(30)12-28)22(16-3-7-18(26)8-4-16)10-23(21)31-13-19(29)11-27/h1-10,19-20,27-30H,11-14,25-26H2/t19-,20-/m0/s1. The maximum absolute atomic E-state index is 9.78. The van der Waals surface area contributed by atoms with Crippen molar-refractivity contribution in [1.82, 2.24) is 0 Å². The van der Waals surface area contributed by atoms with Crippen molar-refractivity contribution in [2.24, 2.45) is 0 Å². The summed E-state index contributed by atoms with van der Waals surface area (Å²) in [6, 6.07) is 17.9. The number of anilines is 2. The first-order valence-corrected chi connectivity index (χ1v) is 10.1. The van der Waals surface area contributed by atoms with Crippen LogP contribution in [0.4, 0.5) is 11.4 Å². The molecule has 0 aromatic heterocycles. The van der Waals surface area contributed by atoms with Gasteiger partial charge in [-0.15, -0.1) is 0 Å². The van der Waals surface area contributed by atoms with Gasteiger partial charge in [0.1, 0.15) is 36.9 Å². The average Bonchev–Trinajstić information content (AvgIpc) is 2.81. The molecule has 170 valence electrons. The second-order valence-corrected chi connectivity index (χ2v) is 7.38. The van der Waals surface area contributed by atoms with Crippen LogP contribution in [-0.2, 0) is 0 Å². The third kappa shape index (κ3) is 5.89. The Kier molecular flexibility index (Phi) is 7.91. The van der Waals surface area contributed by atoms with E-state index in [1.807, 2.05) is 24.3 Å². The quantitative estimate of drug-likeness (QED) is 0.260. The lowest BCUT2D eigenvalue weighted by atomic mass is 9.97. The van der Waals surface area contributed by atoms with Crippen LogP contribution in [0, 0.1) is 0 Å². The summed E-state index contributed by atoms with van der Waals surface area (Å²) >= 11 is 0. The summed E-state index contributed by atoms with van der Waals surface area (Å²) < 4.78 is 11.7. The van der Waals surface area contributed by atoms with Gasteiger partial charge < -0.3 is 41.4 Å². The predicted molar refractivity (Wildman–Crippen MR) is 123 cm³/mol. The zero-order chi connectivity index (χ0) is 23.1. The summed E-state index contributed by atoms with van der Waals surface area (Å²) in [7, 11) is 0. The van der Waals surface area contributed by atoms with E-state index < -0.39 is 25.4 Å². The SMILES string of the molecule is Nc1ccc(-c2cc(OC[C@@H](O)CO)c(-c3ccc(N)cc3)cc2OC[C@@H](O)CO)cc1. The van der Waals surface area contributed by atoms with Crippen LogP contribution < -0.4 is 20.9 Å². The normalized spacial score (nSPS) is 12.9. The zero-order valence-corrected chi connectivity index (χ0v) is 17.5. The number of aliphatic hydroxyl groups is 4. The molecule has 8 heteroatoms. The Morgan fingerprint density at radius 3 is 1.28 bits per heavy atom. The highest BCUT2D eigenvalue weighted by atomic mass is 16.5. The number of rotatable bonds is 10. The smallest absolute Gasteiger partial charge is 0.128 e. The monoisotopic (exact) mass is 440 g/mol. The van der Waals surface area contributed by atoms with Gasteiger partial charge in [-0.3, -0.25) is 0 Å². The molecule has 8 N–H and O–H groups in total. The van der Waals surface area contributed by atoms with Crippen LogP contribution in [0.25, 0.3) is 22.3 Å². The van der Waals surface area contributed by atoms with Crippen LogP contribution in [0.15, 0.2) is 60.7 Å². The number of hydrogen-bond acceptors (Lipinski definition) is 8. The summed E-state index contributed by atoms with van der Waals surface area (Å²) in [5, 5.41) is 37.9. The van der Waals surface area contributed by atoms with E-state index in [0.717, 1.165) is 11.1 Å². The molecule has 3 aromatic rings. The molecule has 0 bridgehead atoms. The van der Waals surface area contributed by atoms with Gasteiger partial charge in [0.2, 0.25) is 0 Å². The minimum atomic E-state index is -1.04. The molecule has 0 heterocycles. The summed E-state index contributed by atoms with van der Waals surface area (Å²) in [6.45, 7) is -1.07. The van der Waals surface area contributed by atoms with E-state index in [-0.39, 0.29) is 13.2 Å². The van der Waals surface area contributed by atoms with Gasteiger partial charge in [-0.05, 0) is 47.5 Å². The molecule has 0 aliphatic carbocycles. The molecule has 0 amide bonds. The van der Waals surface area contributed by atoms with Gasteiger partial charge in [-0.1, -0.05) is 24.3 Å². The van der Waals surface area contributed by atoms with Gasteiger partial charge in [-0.25, -0.2) is 0 Å². The summed E-state index contributed by atoms with van der Waals surface area (Å²) in [6.07, 6.45) is -2.07. The second kappa shape index (κ2) is 10.8. The molecule has 32 heavy (non-hydrogen) atoms. The first kappa shape index (κ1) is 23.4. The Morgan fingerprint density at radius 1 is 0.625 bits per heavy atom. The summed E-state index contributed by atoms with van der Waals surface area (Å²) in [5.41, 5.74) is 15.8. The van der Waals surface area contributed by atoms with Gasteiger partial charge in [0.15, 0.2) is 0 Å². The van der Waals surface area contributed by atoms with Gasteiger partial charge in [-0.2, -0.15) is 0 Å². The van der Waals surface area contributed by atoms with Crippen LogP contribution in [0.5, 0.6) is 11.5 Å². The van der Waals surface area contributed by atoms with Crippen molar-refractivity contribution in [2.45, 2.75) is 12.2 Å². The highest BCUT2D eigenvalue weighted by Crippen LogP contribution is 2.41. The molecular weight excluding hydrogens is 412 g/mol. The van der Waals surface area contributed by atoms with E-state index in [4.69, 9.17) is 31.2 Å². The summed E-state index contributed by atoms with van der Waals surface area (Å²) in [4.78, 5) is 0. The third-order valence-electron chi connectivity index (χ3n) is 4.81. The maximum Gasteiger partial charge on any atom is 0.128 e. The fourth-order valence-electron chi connectivity index (χ4n) is 3.05. The van der Waals surface area contributed by atoms with Crippen molar-refractivity contribution in [1.29, 1.82) is 0 Å². The minimum Gasteiger partial charge on any atom is -0.490 e. The minimum absolute atomic E-state index is 0.108. The van der Waals surface area contributed by atoms with Crippen molar-refractivity contribution in [3.05, 3.63) is 60.7 Å². The molecule has 3 rings (SSSR count). The van der Waals surface area contributed by atoms with E-state index in [1.165, 1.54) is 0 Å². The van der Waals surface area contributed by atoms with Gasteiger partial charge in [0, 0.05) is 22.5 Å². The Hall–Kier alpha value is -3.30. The van der Waals surface area contributed by atoms with Crippen LogP contribution in [0.3, 0.4) is 0 Å². The van der Waals surface area contributed by atoms with Gasteiger partial charge >= 0.3 is 0 Å². The molecule has 0 aliphatic heterocycles. The first-order valence-electron chi connectivity index (χ1n) is 10.1. The number of benzene rings is 3. The van der Waals surface area contributed by atoms with Crippen LogP contribution in [-0.4, -0.2) is 59.1 Å². The van der Waals surface area contributed by atoms with Crippen molar-refractivity contribution in [3.8, 4) is 33.8 Å². The van der Waals surface area contributed by atoms with Crippen LogP contribution in [0.1, 0.15) is 0 Å². The Balaban J connectivity index is 2.12. The molecule has 0 saturated heterocycles. The molecule has 2 atom stereocenters. The van der Waals surface area contributed by atoms with E-state index in [1.54, 1.807) is 36.4 Å². The number of hydrogen-bond donors (Lipinski definition) is 6. The third-order valence-corrected chi connectivity index (χ3v) is 4.81. The van der Waals surface area contributed by atoms with Gasteiger partial charge in [0.05, 0.1) is 13.2 Å². The average molecular weight is 440 g/mol. The van der Waals surface area contributed by atoms with Crippen LogP contribution >= 0.6 is 0 Å². The molecule has 8 nitrogen and oxygen atoms in total. The number of ether oxygens (including phenoxy) is 2. The number of aliphatic hydroxyl groups excluding tert-OH is 4. The summed E-state index contributed by atoms with van der Waals surface area (Å²) in [5.74, 6) is 0.924. The Morgan fingerprint density at radius 2 is 0.969 bits per heavy atom. The van der Waals surface area contributed by atoms with Crippen molar-refractivity contribution in [3.63, 3.8) is 0 Å². The lowest BCUT2D eigenvalue weighted by molar-refractivity contribution is 0.0527. The fraction of sp³-hybridized carbons (Fsp3) is 0.250. The molecule has 0 unspecified atom stereocenters. The topological polar surface area (TPSA) is 151 Å². The van der Waals surface area contributed by atoms with Gasteiger partial charge in [0.25, 0.3) is 0 Å². The van der Waals surface area contributed by atoms with E-state index in [0.29, 0.717) is 34.0 Å². The Labute approximate surface area is 186 Å². The fourth-order valence-corrected chi connectivity index (χ4v) is 3.05. The predicted octanol–water partition coefficient (Wildman–Crippen LogP) is 1.65. The molecule has 0 spiro atoms. The lowest BCUT2D eigenvalue weighted by Crippen LogP contribution is -2.22. The van der Waals surface area contributed by atoms with E-state index >= 15 is 0 Å². The maximum atomic E-state index is 9.78. The highest BCUT2D eigenvalue weighted by molar-refractivity contribution is 5.82. The Bertz CT molecular complexity index is 925. The number of nitrogens with two attached hydrogens (primary N) is 2. The van der Waals surface area contributed by atoms with Crippen molar-refractivity contribution < 1.29 is 29.9 Å². The zero-order valence-electron chi connectivity index (χ0n) is 17.5. The van der Waals surface area contributed by atoms with Crippen LogP contribution in [0.2, 0.25) is 0 Å². The van der Waals surface area contributed by atoms with E-state index in [2.05, 4.69) is 0 Å². The van der Waals surface area contributed by atoms with E-state index in [9.17, 15) is 10.2 Å². The van der Waals surface area contributed by atoms with Crippen molar-refractivity contribution in [2.75, 3.05) is 37.9 Å². The second-order valence-electron chi connectivity index (χ2n) is 7.38. The molecule has 3 aromatic carbocycles. The highest BCUT2D eigenvalue weighted by Gasteiger charge is 2.17. The first-order chi connectivity index (χ1) is 15.4. The van der Waals surface area contributed by atoms with Crippen molar-refractivity contribution >= 4 is 11.4 Å². The molecule has 0 radical (unpaired) electrons. The lowest BCUT2D eigenvalue weighted by Gasteiger charge is -2.20. The largest absolute Gasteiger partial charge is 0.490 e. The molecule has 0 saturated carbocycles. The molecule has 0 fully saturated rings. The molecular formula is C24H28N2O6. The number of nitrogen functional groups attached to an aromatic ring is 2. The molecule has 0 aliphatic rings.